The van der Waals surface area contributed by atoms with E-state index in [2.05, 4.69) is 5.92 Å². The molecule has 1 aromatic carbocycles. The fourth-order valence-electron chi connectivity index (χ4n) is 1.54. The van der Waals surface area contributed by atoms with E-state index in [1.807, 2.05) is 6.07 Å². The summed E-state index contributed by atoms with van der Waals surface area (Å²) >= 11 is 0. The van der Waals surface area contributed by atoms with Crippen molar-refractivity contribution in [1.29, 1.82) is 0 Å². The van der Waals surface area contributed by atoms with Crippen LogP contribution in [0.3, 0.4) is 0 Å². The molecule has 1 aromatic rings. The maximum Gasteiger partial charge on any atom is 0.170 e. The van der Waals surface area contributed by atoms with Gasteiger partial charge in [-0.3, -0.25) is 9.59 Å². The number of Topliss-reactive ketones (excluding diaryl/α,β-unsaturated/α-hetero) is 2. The van der Waals surface area contributed by atoms with Gasteiger partial charge in [0.05, 0.1) is 6.42 Å². The first-order valence-electron chi connectivity index (χ1n) is 5.77. The monoisotopic (exact) mass is 228 g/mol. The predicted octanol–water partition coefficient (Wildman–Crippen LogP) is 3.02. The zero-order valence-electron chi connectivity index (χ0n) is 9.82. The average Bonchev–Trinajstić information content (AvgIpc) is 2.36. The van der Waals surface area contributed by atoms with E-state index < -0.39 is 0 Å². The molecule has 0 unspecified atom stereocenters. The molecule has 0 spiro atoms. The zero-order chi connectivity index (χ0) is 12.5. The highest BCUT2D eigenvalue weighted by atomic mass is 16.1. The highest BCUT2D eigenvalue weighted by Crippen LogP contribution is 2.07. The Hall–Kier alpha value is -1.88. The molecule has 0 aliphatic rings. The van der Waals surface area contributed by atoms with Gasteiger partial charge in [0, 0.05) is 18.4 Å². The second kappa shape index (κ2) is 7.40. The normalized spacial score (nSPS) is 9.59. The number of carbonyl (C=O) groups excluding carboxylic acids is 2. The van der Waals surface area contributed by atoms with Crippen molar-refractivity contribution in [2.45, 2.75) is 32.1 Å². The number of unbranched alkanes of at least 4 members (excludes halogenated alkanes) is 2. The van der Waals surface area contributed by atoms with Crippen molar-refractivity contribution in [3.63, 3.8) is 0 Å². The summed E-state index contributed by atoms with van der Waals surface area (Å²) in [6.45, 7) is 0. The van der Waals surface area contributed by atoms with Gasteiger partial charge in [-0.1, -0.05) is 30.3 Å². The maximum atomic E-state index is 11.7. The predicted molar refractivity (Wildman–Crippen MR) is 67.7 cm³/mol. The molecule has 17 heavy (non-hydrogen) atoms. The van der Waals surface area contributed by atoms with Crippen LogP contribution in [0.2, 0.25) is 0 Å². The lowest BCUT2D eigenvalue weighted by atomic mass is 10.0. The zero-order valence-corrected chi connectivity index (χ0v) is 9.82. The number of terminal acetylenes is 1. The molecule has 0 aliphatic carbocycles. The Bertz CT molecular complexity index is 412. The van der Waals surface area contributed by atoms with E-state index >= 15 is 0 Å². The van der Waals surface area contributed by atoms with Crippen molar-refractivity contribution in [2.24, 2.45) is 0 Å². The van der Waals surface area contributed by atoms with Crippen LogP contribution in [0.4, 0.5) is 0 Å². The van der Waals surface area contributed by atoms with Crippen LogP contribution in [0.15, 0.2) is 30.3 Å². The Kier molecular flexibility index (Phi) is 5.74. The van der Waals surface area contributed by atoms with E-state index in [0.29, 0.717) is 18.4 Å². The Labute approximate surface area is 102 Å². The lowest BCUT2D eigenvalue weighted by molar-refractivity contribution is -0.118. The van der Waals surface area contributed by atoms with Crippen LogP contribution >= 0.6 is 0 Å². The van der Waals surface area contributed by atoms with Gasteiger partial charge in [-0.25, -0.2) is 0 Å². The molecule has 0 radical (unpaired) electrons. The summed E-state index contributed by atoms with van der Waals surface area (Å²) in [4.78, 5) is 23.2. The van der Waals surface area contributed by atoms with Crippen molar-refractivity contribution in [3.8, 4) is 12.3 Å². The van der Waals surface area contributed by atoms with Gasteiger partial charge in [-0.2, -0.15) is 0 Å². The molecule has 88 valence electrons. The summed E-state index contributed by atoms with van der Waals surface area (Å²) in [5.74, 6) is 2.42. The van der Waals surface area contributed by atoms with Gasteiger partial charge in [-0.05, 0) is 12.8 Å². The molecule has 0 saturated carbocycles. The average molecular weight is 228 g/mol. The summed E-state index contributed by atoms with van der Waals surface area (Å²) in [6.07, 6.45) is 7.87. The van der Waals surface area contributed by atoms with Gasteiger partial charge in [0.1, 0.15) is 5.78 Å². The minimum atomic E-state index is -0.104. The molecule has 0 fully saturated rings. The second-order valence-corrected chi connectivity index (χ2v) is 3.92. The number of rotatable bonds is 7. The molecule has 0 amide bonds. The summed E-state index contributed by atoms with van der Waals surface area (Å²) in [6, 6.07) is 8.90. The third-order valence-electron chi connectivity index (χ3n) is 2.48. The third-order valence-corrected chi connectivity index (χ3v) is 2.48. The number of hydrogen-bond acceptors (Lipinski definition) is 2. The molecule has 0 aliphatic heterocycles. The first kappa shape index (κ1) is 13.2. The van der Waals surface area contributed by atoms with Gasteiger partial charge < -0.3 is 0 Å². The van der Waals surface area contributed by atoms with Gasteiger partial charge in [0.2, 0.25) is 0 Å². The molecule has 0 N–H and O–H groups in total. The summed E-state index contributed by atoms with van der Waals surface area (Å²) in [5.41, 5.74) is 0.601. The minimum absolute atomic E-state index is 0.0000664. The molecule has 0 aromatic heterocycles. The van der Waals surface area contributed by atoms with Crippen molar-refractivity contribution in [1.82, 2.24) is 0 Å². The number of carbonyl (C=O) groups is 2. The highest BCUT2D eigenvalue weighted by molar-refractivity contribution is 6.07. The van der Waals surface area contributed by atoms with Gasteiger partial charge >= 0.3 is 0 Å². The smallest absolute Gasteiger partial charge is 0.170 e. The number of hydrogen-bond donors (Lipinski definition) is 0. The summed E-state index contributed by atoms with van der Waals surface area (Å²) in [7, 11) is 0. The fourth-order valence-corrected chi connectivity index (χ4v) is 1.54. The number of ketones is 2. The van der Waals surface area contributed by atoms with E-state index in [1.165, 1.54) is 0 Å². The second-order valence-electron chi connectivity index (χ2n) is 3.92. The molecule has 0 atom stereocenters. The van der Waals surface area contributed by atoms with E-state index in [9.17, 15) is 9.59 Å². The summed E-state index contributed by atoms with van der Waals surface area (Å²) < 4.78 is 0. The Morgan fingerprint density at radius 1 is 1.12 bits per heavy atom. The van der Waals surface area contributed by atoms with Gasteiger partial charge in [-0.15, -0.1) is 12.3 Å². The van der Waals surface area contributed by atoms with Crippen molar-refractivity contribution >= 4 is 11.6 Å². The fraction of sp³-hybridized carbons (Fsp3) is 0.333. The molecule has 2 nitrogen and oxygen atoms in total. The van der Waals surface area contributed by atoms with Crippen LogP contribution in [0.25, 0.3) is 0 Å². The molecule has 0 bridgehead atoms. The van der Waals surface area contributed by atoms with E-state index in [0.717, 1.165) is 12.8 Å². The van der Waals surface area contributed by atoms with Crippen molar-refractivity contribution in [3.05, 3.63) is 35.9 Å². The van der Waals surface area contributed by atoms with Crippen LogP contribution in [-0.4, -0.2) is 11.6 Å². The molecular weight excluding hydrogens is 212 g/mol. The standard InChI is InChI=1S/C15H16O2/c1-2-3-4-8-11-14(16)12-15(17)13-9-6-5-7-10-13/h1,5-7,9-10H,3-4,8,11-12H2. The van der Waals surface area contributed by atoms with Gasteiger partial charge in [0.15, 0.2) is 5.78 Å². The Morgan fingerprint density at radius 2 is 1.82 bits per heavy atom. The van der Waals surface area contributed by atoms with Crippen LogP contribution in [0.5, 0.6) is 0 Å². The molecule has 1 rings (SSSR count). The quantitative estimate of drug-likeness (QED) is 0.311. The molecule has 2 heteroatoms. The first-order chi connectivity index (χ1) is 8.24. The molecule has 0 heterocycles. The van der Waals surface area contributed by atoms with Crippen molar-refractivity contribution < 1.29 is 9.59 Å². The van der Waals surface area contributed by atoms with E-state index in [4.69, 9.17) is 6.42 Å². The van der Waals surface area contributed by atoms with Crippen LogP contribution in [0, 0.1) is 12.3 Å². The Morgan fingerprint density at radius 3 is 2.47 bits per heavy atom. The molecular formula is C15H16O2. The van der Waals surface area contributed by atoms with Gasteiger partial charge in [0.25, 0.3) is 0 Å². The Balaban J connectivity index is 2.32. The summed E-state index contributed by atoms with van der Waals surface area (Å²) in [5, 5.41) is 0. The maximum absolute atomic E-state index is 11.7. The largest absolute Gasteiger partial charge is 0.299 e. The lowest BCUT2D eigenvalue weighted by Crippen LogP contribution is -2.07. The van der Waals surface area contributed by atoms with Crippen molar-refractivity contribution in [2.75, 3.05) is 0 Å². The van der Waals surface area contributed by atoms with E-state index in [1.54, 1.807) is 24.3 Å². The van der Waals surface area contributed by atoms with Crippen LogP contribution in [-0.2, 0) is 4.79 Å². The SMILES string of the molecule is C#CCCCCC(=O)CC(=O)c1ccccc1. The minimum Gasteiger partial charge on any atom is -0.299 e. The third kappa shape index (κ3) is 5.12. The highest BCUT2D eigenvalue weighted by Gasteiger charge is 2.10. The topological polar surface area (TPSA) is 34.1 Å². The lowest BCUT2D eigenvalue weighted by Gasteiger charge is -2.00. The van der Waals surface area contributed by atoms with E-state index in [-0.39, 0.29) is 18.0 Å². The van der Waals surface area contributed by atoms with Crippen LogP contribution in [0.1, 0.15) is 42.5 Å². The molecule has 0 saturated heterocycles. The number of benzene rings is 1. The first-order valence-corrected chi connectivity index (χ1v) is 5.77. The van der Waals surface area contributed by atoms with Crippen LogP contribution < -0.4 is 0 Å².